The Morgan fingerprint density at radius 2 is 2.00 bits per heavy atom. The second-order valence-corrected chi connectivity index (χ2v) is 5.64. The molecule has 0 saturated carbocycles. The van der Waals surface area contributed by atoms with Crippen molar-refractivity contribution in [2.24, 2.45) is 0 Å². The first-order valence-electron chi connectivity index (χ1n) is 7.23. The van der Waals surface area contributed by atoms with Crippen LogP contribution in [-0.2, 0) is 9.53 Å². The number of rotatable bonds is 4. The van der Waals surface area contributed by atoms with Gasteiger partial charge in [0.1, 0.15) is 0 Å². The minimum absolute atomic E-state index is 0.199. The highest BCUT2D eigenvalue weighted by molar-refractivity contribution is 9.10. The summed E-state index contributed by atoms with van der Waals surface area (Å²) < 4.78 is 16.7. The van der Waals surface area contributed by atoms with E-state index in [4.69, 9.17) is 14.2 Å². The molecule has 0 atom stereocenters. The van der Waals surface area contributed by atoms with Crippen molar-refractivity contribution in [3.8, 4) is 11.5 Å². The predicted octanol–water partition coefficient (Wildman–Crippen LogP) is 4.28. The summed E-state index contributed by atoms with van der Waals surface area (Å²) in [7, 11) is 0. The number of fused-ring (bicyclic) bond motifs is 1. The first-order valence-corrected chi connectivity index (χ1v) is 8.02. The lowest BCUT2D eigenvalue weighted by Gasteiger charge is -2.09. The van der Waals surface area contributed by atoms with Crippen LogP contribution in [0.2, 0.25) is 0 Å². The summed E-state index contributed by atoms with van der Waals surface area (Å²) in [5.41, 5.74) is 2.11. The Morgan fingerprint density at radius 3 is 2.74 bits per heavy atom. The van der Waals surface area contributed by atoms with Gasteiger partial charge in [0, 0.05) is 0 Å². The van der Waals surface area contributed by atoms with Crippen molar-refractivity contribution in [1.29, 1.82) is 0 Å². The summed E-state index contributed by atoms with van der Waals surface area (Å²) in [4.78, 5) is 12.3. The predicted molar refractivity (Wildman–Crippen MR) is 91.2 cm³/mol. The molecule has 0 N–H and O–H groups in total. The van der Waals surface area contributed by atoms with E-state index in [0.29, 0.717) is 23.7 Å². The van der Waals surface area contributed by atoms with Crippen LogP contribution in [0.25, 0.3) is 11.6 Å². The van der Waals surface area contributed by atoms with Crippen LogP contribution in [0.3, 0.4) is 0 Å². The van der Waals surface area contributed by atoms with E-state index in [2.05, 4.69) is 15.9 Å². The van der Waals surface area contributed by atoms with Crippen LogP contribution in [0.5, 0.6) is 11.5 Å². The molecule has 118 valence electrons. The highest BCUT2D eigenvalue weighted by atomic mass is 79.9. The summed E-state index contributed by atoms with van der Waals surface area (Å²) in [5.74, 6) is 0.977. The van der Waals surface area contributed by atoms with E-state index < -0.39 is 0 Å². The van der Waals surface area contributed by atoms with Crippen LogP contribution in [0.4, 0.5) is 0 Å². The lowest BCUT2D eigenvalue weighted by Crippen LogP contribution is -2.06. The molecule has 0 unspecified atom stereocenters. The number of halogens is 1. The second kappa shape index (κ2) is 6.87. The van der Waals surface area contributed by atoms with Crippen molar-refractivity contribution in [2.75, 3.05) is 13.4 Å². The molecule has 0 spiro atoms. The maximum Gasteiger partial charge on any atom is 0.338 e. The van der Waals surface area contributed by atoms with Gasteiger partial charge in [-0.1, -0.05) is 30.3 Å². The zero-order valence-corrected chi connectivity index (χ0v) is 14.1. The summed E-state index contributed by atoms with van der Waals surface area (Å²) in [6.45, 7) is 2.31. The molecule has 0 bridgehead atoms. The highest BCUT2D eigenvalue weighted by Crippen LogP contribution is 2.42. The van der Waals surface area contributed by atoms with Gasteiger partial charge in [0.25, 0.3) is 0 Å². The maximum atomic E-state index is 12.3. The Labute approximate surface area is 142 Å². The first-order chi connectivity index (χ1) is 11.2. The molecule has 0 radical (unpaired) electrons. The van der Waals surface area contributed by atoms with Crippen LogP contribution in [0.15, 0.2) is 46.9 Å². The molecule has 1 aliphatic rings. The van der Waals surface area contributed by atoms with Gasteiger partial charge in [-0.25, -0.2) is 4.79 Å². The van der Waals surface area contributed by atoms with Gasteiger partial charge in [-0.15, -0.1) is 0 Å². The molecule has 4 nitrogen and oxygen atoms in total. The molecule has 2 aromatic carbocycles. The highest BCUT2D eigenvalue weighted by Gasteiger charge is 2.20. The summed E-state index contributed by atoms with van der Waals surface area (Å²) in [5, 5.41) is 0. The topological polar surface area (TPSA) is 44.8 Å². The van der Waals surface area contributed by atoms with Gasteiger partial charge in [-0.05, 0) is 52.2 Å². The molecule has 0 aromatic heterocycles. The summed E-state index contributed by atoms with van der Waals surface area (Å²) in [6, 6.07) is 13.1. The molecule has 3 rings (SSSR count). The number of benzene rings is 2. The quantitative estimate of drug-likeness (QED) is 0.455. The van der Waals surface area contributed by atoms with E-state index in [-0.39, 0.29) is 12.8 Å². The zero-order chi connectivity index (χ0) is 16.2. The van der Waals surface area contributed by atoms with E-state index in [1.165, 1.54) is 0 Å². The molecule has 5 heteroatoms. The number of hydrogen-bond acceptors (Lipinski definition) is 4. The van der Waals surface area contributed by atoms with E-state index >= 15 is 0 Å². The van der Waals surface area contributed by atoms with Crippen molar-refractivity contribution in [3.05, 3.63) is 58.1 Å². The second-order valence-electron chi connectivity index (χ2n) is 4.85. The van der Waals surface area contributed by atoms with Gasteiger partial charge in [0.2, 0.25) is 6.79 Å². The Kier molecular flexibility index (Phi) is 4.67. The Bertz CT molecular complexity index is 753. The standard InChI is InChI=1S/C18H15BrO4/c1-2-21-18(20)14(12-6-4-3-5-7-12)10-13-8-9-15-17(16(13)19)23-11-22-15/h3-10H,2,11H2,1H3/b14-10-. The average Bonchev–Trinajstić information content (AvgIpc) is 3.05. The van der Waals surface area contributed by atoms with E-state index in [9.17, 15) is 4.79 Å². The van der Waals surface area contributed by atoms with Crippen LogP contribution in [0.1, 0.15) is 18.1 Å². The van der Waals surface area contributed by atoms with Gasteiger partial charge in [0.15, 0.2) is 11.5 Å². The summed E-state index contributed by atoms with van der Waals surface area (Å²) >= 11 is 3.52. The van der Waals surface area contributed by atoms with Crippen LogP contribution < -0.4 is 9.47 Å². The number of esters is 1. The molecule has 1 aliphatic heterocycles. The van der Waals surface area contributed by atoms with Crippen molar-refractivity contribution in [3.63, 3.8) is 0 Å². The van der Waals surface area contributed by atoms with Gasteiger partial charge in [-0.2, -0.15) is 0 Å². The molecule has 23 heavy (non-hydrogen) atoms. The third-order valence-corrected chi connectivity index (χ3v) is 4.21. The van der Waals surface area contributed by atoms with Gasteiger partial charge < -0.3 is 14.2 Å². The van der Waals surface area contributed by atoms with Crippen molar-refractivity contribution in [1.82, 2.24) is 0 Å². The Balaban J connectivity index is 2.06. The van der Waals surface area contributed by atoms with Crippen molar-refractivity contribution < 1.29 is 19.0 Å². The fourth-order valence-electron chi connectivity index (χ4n) is 2.31. The molecule has 0 amide bonds. The molecule has 2 aromatic rings. The van der Waals surface area contributed by atoms with Crippen LogP contribution >= 0.6 is 15.9 Å². The third kappa shape index (κ3) is 3.24. The zero-order valence-electron chi connectivity index (χ0n) is 12.5. The maximum absolute atomic E-state index is 12.3. The Morgan fingerprint density at radius 1 is 1.22 bits per heavy atom. The average molecular weight is 375 g/mol. The minimum Gasteiger partial charge on any atom is -0.462 e. The summed E-state index contributed by atoms with van der Waals surface area (Å²) in [6.07, 6.45) is 1.79. The lowest BCUT2D eigenvalue weighted by molar-refractivity contribution is -0.136. The van der Waals surface area contributed by atoms with Crippen LogP contribution in [0, 0.1) is 0 Å². The molecule has 1 heterocycles. The largest absolute Gasteiger partial charge is 0.462 e. The molecule has 0 fully saturated rings. The fraction of sp³-hybridized carbons (Fsp3) is 0.167. The van der Waals surface area contributed by atoms with E-state index in [1.807, 2.05) is 42.5 Å². The van der Waals surface area contributed by atoms with Crippen molar-refractivity contribution in [2.45, 2.75) is 6.92 Å². The molecule has 0 saturated heterocycles. The lowest BCUT2D eigenvalue weighted by atomic mass is 10.0. The molecule has 0 aliphatic carbocycles. The minimum atomic E-state index is -0.358. The van der Waals surface area contributed by atoms with Crippen molar-refractivity contribution >= 4 is 33.5 Å². The number of carbonyl (C=O) groups excluding carboxylic acids is 1. The van der Waals surface area contributed by atoms with E-state index in [0.717, 1.165) is 15.6 Å². The van der Waals surface area contributed by atoms with Gasteiger partial charge >= 0.3 is 5.97 Å². The molecular weight excluding hydrogens is 360 g/mol. The SMILES string of the molecule is CCOC(=O)/C(=C\c1ccc2c(c1Br)OCO2)c1ccccc1. The van der Waals surface area contributed by atoms with E-state index in [1.54, 1.807) is 13.0 Å². The fourth-order valence-corrected chi connectivity index (χ4v) is 2.86. The smallest absolute Gasteiger partial charge is 0.338 e. The van der Waals surface area contributed by atoms with Gasteiger partial charge in [-0.3, -0.25) is 0 Å². The Hall–Kier alpha value is -2.27. The van der Waals surface area contributed by atoms with Crippen LogP contribution in [-0.4, -0.2) is 19.4 Å². The number of hydrogen-bond donors (Lipinski definition) is 0. The number of carbonyl (C=O) groups is 1. The first kappa shape index (κ1) is 15.6. The van der Waals surface area contributed by atoms with Gasteiger partial charge in [0.05, 0.1) is 16.7 Å². The normalized spacial score (nSPS) is 13.0. The molecular formula is C18H15BrO4. The monoisotopic (exact) mass is 374 g/mol. The number of ether oxygens (including phenoxy) is 3. The third-order valence-electron chi connectivity index (χ3n) is 3.39.